The van der Waals surface area contributed by atoms with E-state index in [1.807, 2.05) is 23.9 Å². The van der Waals surface area contributed by atoms with Crippen LogP contribution >= 0.6 is 11.8 Å². The Morgan fingerprint density at radius 3 is 2.78 bits per heavy atom. The second kappa shape index (κ2) is 11.2. The summed E-state index contributed by atoms with van der Waals surface area (Å²) in [7, 11) is 1.67. The summed E-state index contributed by atoms with van der Waals surface area (Å²) < 4.78 is 10.8. The van der Waals surface area contributed by atoms with E-state index in [1.54, 1.807) is 7.11 Å². The van der Waals surface area contributed by atoms with Crippen molar-refractivity contribution < 1.29 is 19.1 Å². The van der Waals surface area contributed by atoms with Crippen LogP contribution in [0.1, 0.15) is 37.3 Å². The zero-order valence-electron chi connectivity index (χ0n) is 18.7. The number of unbranched alkanes of at least 4 members (excludes halogenated alkanes) is 1. The zero-order chi connectivity index (χ0) is 22.3. The largest absolute Gasteiger partial charge is 0.497 e. The van der Waals surface area contributed by atoms with E-state index in [0.29, 0.717) is 18.2 Å². The number of hydrogen-bond donors (Lipinski definition) is 3. The third-order valence-corrected chi connectivity index (χ3v) is 8.07. The summed E-state index contributed by atoms with van der Waals surface area (Å²) >= 11 is 1.92. The van der Waals surface area contributed by atoms with Crippen LogP contribution in [-0.2, 0) is 9.53 Å². The van der Waals surface area contributed by atoms with Gasteiger partial charge in [0.1, 0.15) is 5.75 Å². The number of methoxy groups -OCH3 is 1. The minimum Gasteiger partial charge on any atom is -0.497 e. The molecule has 176 valence electrons. The molecule has 3 aliphatic rings. The second-order valence-electron chi connectivity index (χ2n) is 8.61. The molecule has 1 aromatic carbocycles. The van der Waals surface area contributed by atoms with Crippen molar-refractivity contribution in [3.8, 4) is 5.75 Å². The van der Waals surface area contributed by atoms with Crippen molar-refractivity contribution in [3.63, 3.8) is 0 Å². The van der Waals surface area contributed by atoms with Crippen LogP contribution in [0.3, 0.4) is 0 Å². The summed E-state index contributed by atoms with van der Waals surface area (Å²) in [6.07, 6.45) is 3.43. The van der Waals surface area contributed by atoms with Crippen molar-refractivity contribution in [1.82, 2.24) is 20.9 Å². The number of carbonyl (C=O) groups excluding carboxylic acids is 2. The number of hydrogen-bond acceptors (Lipinski definition) is 6. The van der Waals surface area contributed by atoms with Gasteiger partial charge in [-0.3, -0.25) is 9.69 Å². The van der Waals surface area contributed by atoms with Crippen molar-refractivity contribution in [2.24, 2.45) is 0 Å². The molecular formula is C23H34N4O4S. The molecule has 4 atom stereocenters. The van der Waals surface area contributed by atoms with Gasteiger partial charge in [0.15, 0.2) is 0 Å². The van der Waals surface area contributed by atoms with Gasteiger partial charge in [0.2, 0.25) is 5.91 Å². The molecule has 1 aromatic rings. The quantitative estimate of drug-likeness (QED) is 0.363. The fraction of sp³-hybridized carbons (Fsp3) is 0.652. The number of amides is 3. The SMILES string of the molecule is COc1ccc([C@H](CNC(=O)CCCC[C@@H]2SC[C@@H]3NC(=O)N[C@@H]32)N2CCOCC2)cc1. The maximum atomic E-state index is 12.5. The summed E-state index contributed by atoms with van der Waals surface area (Å²) in [6, 6.07) is 8.67. The van der Waals surface area contributed by atoms with Gasteiger partial charge in [-0.25, -0.2) is 4.79 Å². The van der Waals surface area contributed by atoms with Gasteiger partial charge in [0, 0.05) is 37.1 Å². The molecule has 3 heterocycles. The van der Waals surface area contributed by atoms with Gasteiger partial charge in [-0.1, -0.05) is 18.6 Å². The number of nitrogens with zero attached hydrogens (tertiary/aromatic N) is 1. The lowest BCUT2D eigenvalue weighted by Gasteiger charge is -2.35. The number of nitrogens with one attached hydrogen (secondary N) is 3. The molecule has 0 radical (unpaired) electrons. The minimum absolute atomic E-state index is 0.0450. The lowest BCUT2D eigenvalue weighted by Crippen LogP contribution is -2.43. The second-order valence-corrected chi connectivity index (χ2v) is 9.88. The number of fused-ring (bicyclic) bond motifs is 1. The number of rotatable bonds is 10. The van der Waals surface area contributed by atoms with Crippen LogP contribution in [0, 0.1) is 0 Å². The van der Waals surface area contributed by atoms with Gasteiger partial charge in [-0.05, 0) is 30.5 Å². The Kier molecular flexibility index (Phi) is 8.15. The molecule has 0 spiro atoms. The Labute approximate surface area is 194 Å². The van der Waals surface area contributed by atoms with Crippen molar-refractivity contribution >= 4 is 23.7 Å². The molecule has 8 nitrogen and oxygen atoms in total. The number of urea groups is 1. The van der Waals surface area contributed by atoms with Crippen LogP contribution in [0.15, 0.2) is 24.3 Å². The number of ether oxygens (including phenoxy) is 2. The number of benzene rings is 1. The predicted octanol–water partition coefficient (Wildman–Crippen LogP) is 1.91. The third kappa shape index (κ3) is 5.88. The molecule has 0 bridgehead atoms. The van der Waals surface area contributed by atoms with Crippen LogP contribution in [0.4, 0.5) is 4.79 Å². The summed E-state index contributed by atoms with van der Waals surface area (Å²) in [5.41, 5.74) is 1.17. The van der Waals surface area contributed by atoms with Gasteiger partial charge in [0.25, 0.3) is 0 Å². The predicted molar refractivity (Wildman–Crippen MR) is 125 cm³/mol. The van der Waals surface area contributed by atoms with Gasteiger partial charge in [-0.2, -0.15) is 11.8 Å². The molecule has 3 fully saturated rings. The molecule has 4 rings (SSSR count). The Balaban J connectivity index is 1.21. The molecule has 3 N–H and O–H groups in total. The van der Waals surface area contributed by atoms with E-state index in [9.17, 15) is 9.59 Å². The Bertz CT molecular complexity index is 772. The molecule has 0 unspecified atom stereocenters. The monoisotopic (exact) mass is 462 g/mol. The number of morpholine rings is 1. The van der Waals surface area contributed by atoms with Crippen LogP contribution in [0.5, 0.6) is 5.75 Å². The summed E-state index contributed by atoms with van der Waals surface area (Å²) in [5, 5.41) is 9.61. The molecule has 0 saturated carbocycles. The molecule has 32 heavy (non-hydrogen) atoms. The van der Waals surface area contributed by atoms with Crippen LogP contribution < -0.4 is 20.7 Å². The van der Waals surface area contributed by atoms with Crippen LogP contribution in [-0.4, -0.2) is 79.9 Å². The van der Waals surface area contributed by atoms with Crippen molar-refractivity contribution in [2.45, 2.75) is 49.1 Å². The average molecular weight is 463 g/mol. The first-order valence-corrected chi connectivity index (χ1v) is 12.6. The summed E-state index contributed by atoms with van der Waals surface area (Å²) in [6.45, 7) is 3.75. The first-order chi connectivity index (χ1) is 15.6. The van der Waals surface area contributed by atoms with Gasteiger partial charge < -0.3 is 25.4 Å². The highest BCUT2D eigenvalue weighted by Crippen LogP contribution is 2.33. The highest BCUT2D eigenvalue weighted by atomic mass is 32.2. The van der Waals surface area contributed by atoms with Crippen LogP contribution in [0.2, 0.25) is 0 Å². The van der Waals surface area contributed by atoms with E-state index < -0.39 is 0 Å². The Morgan fingerprint density at radius 1 is 1.25 bits per heavy atom. The van der Waals surface area contributed by atoms with E-state index in [0.717, 1.165) is 57.1 Å². The summed E-state index contributed by atoms with van der Waals surface area (Å²) in [4.78, 5) is 26.4. The molecule has 3 amide bonds. The fourth-order valence-electron chi connectivity index (χ4n) is 4.75. The average Bonchev–Trinajstić information content (AvgIpc) is 3.37. The van der Waals surface area contributed by atoms with E-state index in [1.165, 1.54) is 5.56 Å². The lowest BCUT2D eigenvalue weighted by atomic mass is 10.0. The number of thioether (sulfide) groups is 1. The maximum absolute atomic E-state index is 12.5. The smallest absolute Gasteiger partial charge is 0.315 e. The lowest BCUT2D eigenvalue weighted by molar-refractivity contribution is -0.121. The first-order valence-electron chi connectivity index (χ1n) is 11.5. The molecule has 9 heteroatoms. The van der Waals surface area contributed by atoms with Gasteiger partial charge in [-0.15, -0.1) is 0 Å². The van der Waals surface area contributed by atoms with Crippen molar-refractivity contribution in [3.05, 3.63) is 29.8 Å². The van der Waals surface area contributed by atoms with Crippen molar-refractivity contribution in [2.75, 3.05) is 45.7 Å². The fourth-order valence-corrected chi connectivity index (χ4v) is 6.29. The molecular weight excluding hydrogens is 428 g/mol. The van der Waals surface area contributed by atoms with Crippen LogP contribution in [0.25, 0.3) is 0 Å². The zero-order valence-corrected chi connectivity index (χ0v) is 19.5. The highest BCUT2D eigenvalue weighted by molar-refractivity contribution is 8.00. The van der Waals surface area contributed by atoms with E-state index in [-0.39, 0.29) is 30.1 Å². The Hall–Kier alpha value is -1.97. The number of carbonyl (C=O) groups is 2. The highest BCUT2D eigenvalue weighted by Gasteiger charge is 2.42. The normalized spacial score (nSPS) is 26.2. The summed E-state index contributed by atoms with van der Waals surface area (Å²) in [5.74, 6) is 1.91. The van der Waals surface area contributed by atoms with E-state index >= 15 is 0 Å². The molecule has 0 aliphatic carbocycles. The Morgan fingerprint density at radius 2 is 2.03 bits per heavy atom. The topological polar surface area (TPSA) is 91.9 Å². The van der Waals surface area contributed by atoms with Gasteiger partial charge in [0.05, 0.1) is 38.4 Å². The van der Waals surface area contributed by atoms with Gasteiger partial charge >= 0.3 is 6.03 Å². The molecule has 3 saturated heterocycles. The third-order valence-electron chi connectivity index (χ3n) is 6.56. The minimum atomic E-state index is -0.0450. The van der Waals surface area contributed by atoms with Crippen molar-refractivity contribution in [1.29, 1.82) is 0 Å². The van der Waals surface area contributed by atoms with E-state index in [2.05, 4.69) is 33.0 Å². The molecule has 3 aliphatic heterocycles. The molecule has 0 aromatic heterocycles. The first kappa shape index (κ1) is 23.2. The standard InChI is InChI=1S/C23H34N4O4S/c1-30-17-8-6-16(7-9-17)19(27-10-12-31-13-11-27)14-24-21(28)5-3-2-4-20-22-18(15-32-20)25-23(29)26-22/h6-9,18-20,22H,2-5,10-15H2,1H3,(H,24,28)(H2,25,26,29)/t18-,19-,20-,22-/m0/s1. The van der Waals surface area contributed by atoms with E-state index in [4.69, 9.17) is 9.47 Å². The maximum Gasteiger partial charge on any atom is 0.315 e.